The van der Waals surface area contributed by atoms with Crippen molar-refractivity contribution in [3.63, 3.8) is 0 Å². The van der Waals surface area contributed by atoms with E-state index in [0.29, 0.717) is 6.61 Å². The van der Waals surface area contributed by atoms with Crippen molar-refractivity contribution in [3.8, 4) is 11.5 Å². The number of phenols is 1. The van der Waals surface area contributed by atoms with Crippen molar-refractivity contribution in [1.29, 1.82) is 0 Å². The normalized spacial score (nSPS) is 10.8. The Morgan fingerprint density at radius 1 is 0.784 bits per heavy atom. The second-order valence-corrected chi connectivity index (χ2v) is 11.8. The molecule has 0 aliphatic carbocycles. The highest BCUT2D eigenvalue weighted by Crippen LogP contribution is 2.29. The monoisotopic (exact) mass is 724 g/mol. The van der Waals surface area contributed by atoms with Gasteiger partial charge in [-0.2, -0.15) is 0 Å². The first kappa shape index (κ1) is 35.1. The van der Waals surface area contributed by atoms with Gasteiger partial charge >= 0.3 is 11.9 Å². The summed E-state index contributed by atoms with van der Waals surface area (Å²) in [5.41, 5.74) is -1.47. The van der Waals surface area contributed by atoms with Gasteiger partial charge in [-0.1, -0.05) is 47.8 Å². The van der Waals surface area contributed by atoms with Gasteiger partial charge < -0.3 is 19.3 Å². The number of hydrogen-bond donors (Lipinski definition) is 1. The Kier molecular flexibility index (Phi) is 14.7. The zero-order valence-corrected chi connectivity index (χ0v) is 25.6. The summed E-state index contributed by atoms with van der Waals surface area (Å²) in [5.74, 6) is -6.16. The number of hydrogen-bond acceptors (Lipinski definition) is 6. The Balaban J connectivity index is 0.000000577. The van der Waals surface area contributed by atoms with Crippen LogP contribution in [0.2, 0.25) is 0 Å². The van der Waals surface area contributed by atoms with Crippen LogP contribution in [-0.4, -0.2) is 40.2 Å². The molecule has 0 saturated heterocycles. The van der Waals surface area contributed by atoms with Crippen LogP contribution in [0.4, 0.5) is 17.6 Å². The molecule has 0 bridgehead atoms. The van der Waals surface area contributed by atoms with Gasteiger partial charge in [-0.05, 0) is 65.8 Å². The highest BCUT2D eigenvalue weighted by atomic mass is 79.9. The molecule has 0 spiro atoms. The molecule has 6 nitrogen and oxygen atoms in total. The van der Waals surface area contributed by atoms with Crippen LogP contribution in [0.15, 0.2) is 33.2 Å². The van der Waals surface area contributed by atoms with Crippen LogP contribution in [-0.2, 0) is 19.1 Å². The Morgan fingerprint density at radius 3 is 1.46 bits per heavy atom. The van der Waals surface area contributed by atoms with E-state index in [9.17, 15) is 27.2 Å². The largest absolute Gasteiger partial charge is 0.503 e. The summed E-state index contributed by atoms with van der Waals surface area (Å²) >= 11 is 8.98. The van der Waals surface area contributed by atoms with E-state index in [-0.39, 0.29) is 21.5 Å². The van der Waals surface area contributed by atoms with Crippen molar-refractivity contribution in [2.45, 2.75) is 51.5 Å². The first-order chi connectivity index (χ1) is 16.9. The molecule has 208 valence electrons. The fourth-order valence-electron chi connectivity index (χ4n) is 2.07. The van der Waals surface area contributed by atoms with E-state index in [1.54, 1.807) is 27.7 Å². The van der Waals surface area contributed by atoms with E-state index < -0.39 is 50.7 Å². The van der Waals surface area contributed by atoms with E-state index >= 15 is 0 Å². The molecule has 0 fully saturated rings. The zero-order chi connectivity index (χ0) is 29.1. The lowest BCUT2D eigenvalue weighted by Gasteiger charge is -2.24. The lowest BCUT2D eigenvalue weighted by atomic mass is 10.1. The van der Waals surface area contributed by atoms with Crippen LogP contribution in [0, 0.1) is 23.3 Å². The van der Waals surface area contributed by atoms with Gasteiger partial charge in [-0.3, -0.25) is 4.79 Å². The van der Waals surface area contributed by atoms with Crippen LogP contribution < -0.4 is 4.74 Å². The van der Waals surface area contributed by atoms with Gasteiger partial charge in [0.1, 0.15) is 4.32 Å². The van der Waals surface area contributed by atoms with E-state index in [1.165, 1.54) is 13.8 Å². The lowest BCUT2D eigenvalue weighted by molar-refractivity contribution is -0.159. The van der Waals surface area contributed by atoms with E-state index in [4.69, 9.17) is 19.3 Å². The standard InChI is InChI=1S/C12H13BrF2O3.C6H3BrF2O.C6H11BrO2/c1-4-17-11(16)12(2,3)18-10-8(14)5-7(13)6-9(10)15;7-3-1-4(8)6(10)5(9)2-3;1-4-9-5(8)6(2,3)7/h5-6H,4H2,1-3H3;1-2,10H;4H2,1-3H3. The number of esters is 2. The minimum atomic E-state index is -1.47. The van der Waals surface area contributed by atoms with Crippen LogP contribution in [0.3, 0.4) is 0 Å². The van der Waals surface area contributed by atoms with Gasteiger partial charge in [-0.25, -0.2) is 22.4 Å². The average Bonchev–Trinajstić information content (AvgIpc) is 2.75. The third kappa shape index (κ3) is 12.5. The Bertz CT molecular complexity index is 1030. The third-order valence-corrected chi connectivity index (χ3v) is 5.07. The van der Waals surface area contributed by atoms with Gasteiger partial charge in [0.2, 0.25) is 0 Å². The van der Waals surface area contributed by atoms with Gasteiger partial charge in [0, 0.05) is 8.95 Å². The number of carbonyl (C=O) groups excluding carboxylic acids is 2. The molecule has 2 rings (SSSR count). The summed E-state index contributed by atoms with van der Waals surface area (Å²) in [5, 5.41) is 8.56. The SMILES string of the molecule is CCOC(=O)C(C)(C)Br.CCOC(=O)C(C)(C)Oc1c(F)cc(Br)cc1F.Oc1c(F)cc(Br)cc1F. The number of alkyl halides is 1. The number of rotatable bonds is 6. The van der Waals surface area contributed by atoms with Crippen molar-refractivity contribution >= 4 is 59.7 Å². The number of halogens is 7. The molecule has 0 aromatic heterocycles. The fraction of sp³-hybridized carbons (Fsp3) is 0.417. The minimum Gasteiger partial charge on any atom is -0.503 e. The summed E-state index contributed by atoms with van der Waals surface area (Å²) in [6.45, 7) is 10.3. The predicted octanol–water partition coefficient (Wildman–Crippen LogP) is 7.60. The number of carbonyl (C=O) groups is 2. The van der Waals surface area contributed by atoms with Crippen molar-refractivity contribution in [1.82, 2.24) is 0 Å². The molecular formula is C24H27Br3F4O6. The third-order valence-electron chi connectivity index (χ3n) is 3.83. The summed E-state index contributed by atoms with van der Waals surface area (Å²) < 4.78 is 66.3. The molecule has 37 heavy (non-hydrogen) atoms. The second-order valence-electron chi connectivity index (χ2n) is 7.94. The second kappa shape index (κ2) is 15.5. The van der Waals surface area contributed by atoms with Crippen molar-refractivity contribution in [2.24, 2.45) is 0 Å². The Hall–Kier alpha value is -1.86. The maximum absolute atomic E-state index is 13.5. The molecule has 0 unspecified atom stereocenters. The zero-order valence-electron chi connectivity index (χ0n) is 20.9. The van der Waals surface area contributed by atoms with E-state index in [2.05, 4.69) is 47.8 Å². The van der Waals surface area contributed by atoms with Crippen LogP contribution >= 0.6 is 47.8 Å². The summed E-state index contributed by atoms with van der Waals surface area (Å²) in [7, 11) is 0. The Morgan fingerprint density at radius 2 is 1.14 bits per heavy atom. The van der Waals surface area contributed by atoms with Gasteiger partial charge in [0.15, 0.2) is 40.4 Å². The number of ether oxygens (including phenoxy) is 3. The van der Waals surface area contributed by atoms with Crippen molar-refractivity contribution < 1.29 is 46.5 Å². The molecule has 0 amide bonds. The fourth-order valence-corrected chi connectivity index (χ4v) is 2.98. The van der Waals surface area contributed by atoms with E-state index in [0.717, 1.165) is 24.3 Å². The van der Waals surface area contributed by atoms with Crippen molar-refractivity contribution in [3.05, 3.63) is 56.5 Å². The summed E-state index contributed by atoms with van der Waals surface area (Å²) in [4.78, 5) is 22.4. The molecule has 2 aromatic carbocycles. The molecule has 0 aliphatic heterocycles. The summed E-state index contributed by atoms with van der Waals surface area (Å²) in [6, 6.07) is 4.08. The molecule has 0 saturated carbocycles. The maximum atomic E-state index is 13.5. The smallest absolute Gasteiger partial charge is 0.349 e. The molecule has 0 heterocycles. The van der Waals surface area contributed by atoms with Crippen LogP contribution in [0.1, 0.15) is 41.5 Å². The van der Waals surface area contributed by atoms with Gasteiger partial charge in [-0.15, -0.1) is 0 Å². The average molecular weight is 727 g/mol. The highest BCUT2D eigenvalue weighted by Gasteiger charge is 2.33. The predicted molar refractivity (Wildman–Crippen MR) is 141 cm³/mol. The van der Waals surface area contributed by atoms with E-state index in [1.807, 2.05) is 0 Å². The molecule has 0 aliphatic rings. The number of phenolic OH excluding ortho intramolecular Hbond substituents is 1. The highest BCUT2D eigenvalue weighted by molar-refractivity contribution is 9.11. The topological polar surface area (TPSA) is 82.1 Å². The maximum Gasteiger partial charge on any atom is 0.349 e. The quantitative estimate of drug-likeness (QED) is 0.188. The van der Waals surface area contributed by atoms with Crippen LogP contribution in [0.5, 0.6) is 11.5 Å². The number of benzene rings is 2. The van der Waals surface area contributed by atoms with Gasteiger partial charge in [0.05, 0.1) is 13.2 Å². The van der Waals surface area contributed by atoms with Crippen LogP contribution in [0.25, 0.3) is 0 Å². The summed E-state index contributed by atoms with van der Waals surface area (Å²) in [6.07, 6.45) is 0. The Labute approximate surface area is 238 Å². The minimum absolute atomic E-state index is 0.164. The molecule has 0 atom stereocenters. The molecule has 0 radical (unpaired) electrons. The van der Waals surface area contributed by atoms with Crippen molar-refractivity contribution in [2.75, 3.05) is 13.2 Å². The molecule has 13 heteroatoms. The molecular weight excluding hydrogens is 700 g/mol. The molecule has 1 N–H and O–H groups in total. The molecule has 2 aromatic rings. The number of aromatic hydroxyl groups is 1. The lowest BCUT2D eigenvalue weighted by Crippen LogP contribution is -2.40. The first-order valence-corrected chi connectivity index (χ1v) is 13.0. The van der Waals surface area contributed by atoms with Gasteiger partial charge in [0.25, 0.3) is 0 Å². The first-order valence-electron chi connectivity index (χ1n) is 10.6.